The van der Waals surface area contributed by atoms with Crippen LogP contribution in [0.5, 0.6) is 5.75 Å². The second-order valence-electron chi connectivity index (χ2n) is 8.68. The van der Waals surface area contributed by atoms with E-state index in [0.29, 0.717) is 13.0 Å². The van der Waals surface area contributed by atoms with E-state index in [-0.39, 0.29) is 5.91 Å². The van der Waals surface area contributed by atoms with Gasteiger partial charge in [0, 0.05) is 49.7 Å². The third-order valence-corrected chi connectivity index (χ3v) is 6.38. The van der Waals surface area contributed by atoms with Crippen LogP contribution in [0.4, 0.5) is 5.69 Å². The van der Waals surface area contributed by atoms with Crippen LogP contribution in [0.2, 0.25) is 0 Å². The highest BCUT2D eigenvalue weighted by Gasteiger charge is 2.17. The topological polar surface area (TPSA) is 57.7 Å². The molecule has 1 saturated heterocycles. The molecule has 2 aliphatic heterocycles. The summed E-state index contributed by atoms with van der Waals surface area (Å²) in [5.74, 6) is 0.910. The molecule has 1 fully saturated rings. The van der Waals surface area contributed by atoms with Gasteiger partial charge in [-0.05, 0) is 49.7 Å². The van der Waals surface area contributed by atoms with Gasteiger partial charge in [0.2, 0.25) is 5.91 Å². The maximum absolute atomic E-state index is 11.6. The monoisotopic (exact) mass is 430 g/mol. The second-order valence-corrected chi connectivity index (χ2v) is 8.68. The molecule has 6 heteroatoms. The van der Waals surface area contributed by atoms with Gasteiger partial charge < -0.3 is 10.1 Å². The summed E-state index contributed by atoms with van der Waals surface area (Å²) in [5.41, 5.74) is 4.29. The van der Waals surface area contributed by atoms with Crippen LogP contribution in [0.25, 0.3) is 10.9 Å². The fourth-order valence-electron chi connectivity index (χ4n) is 4.56. The number of carbonyl (C=O) groups excluding carboxylic acids is 1. The number of hydrogen-bond acceptors (Lipinski definition) is 5. The second kappa shape index (κ2) is 9.67. The minimum atomic E-state index is 0.0858. The van der Waals surface area contributed by atoms with Gasteiger partial charge in [0.15, 0.2) is 0 Å². The Morgan fingerprint density at radius 1 is 0.938 bits per heavy atom. The zero-order valence-electron chi connectivity index (χ0n) is 18.4. The van der Waals surface area contributed by atoms with E-state index in [2.05, 4.69) is 51.5 Å². The minimum Gasteiger partial charge on any atom is -0.492 e. The fourth-order valence-corrected chi connectivity index (χ4v) is 4.56. The molecule has 0 aliphatic carbocycles. The van der Waals surface area contributed by atoms with Crippen LogP contribution >= 0.6 is 0 Å². The highest BCUT2D eigenvalue weighted by molar-refractivity contribution is 5.94. The zero-order chi connectivity index (χ0) is 21.8. The van der Waals surface area contributed by atoms with Crippen molar-refractivity contribution in [3.8, 4) is 5.75 Å². The fraction of sp³-hybridized carbons (Fsp3) is 0.385. The average Bonchev–Trinajstić information content (AvgIpc) is 3.04. The molecule has 0 radical (unpaired) electrons. The third-order valence-electron chi connectivity index (χ3n) is 6.38. The standard InChI is InChI=1S/C26H30N4O2/c31-26-11-8-21-7-10-23(18-25(21)28-26)32-17-16-29-12-3-13-30(15-14-29)19-22-9-6-20-4-1-2-5-24(20)27-22/h1-2,4-7,9-10,18H,3,8,11-17,19H2,(H,28,31). The van der Waals surface area contributed by atoms with Crippen LogP contribution < -0.4 is 10.1 Å². The number of ether oxygens (including phenoxy) is 1. The van der Waals surface area contributed by atoms with Crippen molar-refractivity contribution >= 4 is 22.5 Å². The molecule has 3 aromatic rings. The minimum absolute atomic E-state index is 0.0858. The molecule has 0 atom stereocenters. The van der Waals surface area contributed by atoms with Crippen LogP contribution in [0.3, 0.4) is 0 Å². The Kier molecular flexibility index (Phi) is 6.32. The van der Waals surface area contributed by atoms with Gasteiger partial charge in [-0.3, -0.25) is 19.6 Å². The lowest BCUT2D eigenvalue weighted by Gasteiger charge is -2.22. The van der Waals surface area contributed by atoms with Gasteiger partial charge in [-0.25, -0.2) is 0 Å². The first-order chi connectivity index (χ1) is 15.7. The summed E-state index contributed by atoms with van der Waals surface area (Å²) in [6.07, 6.45) is 2.52. The first kappa shape index (κ1) is 20.9. The number of nitrogens with zero attached hydrogens (tertiary/aromatic N) is 3. The first-order valence-corrected chi connectivity index (χ1v) is 11.6. The van der Waals surface area contributed by atoms with Crippen LogP contribution in [-0.4, -0.2) is 60.0 Å². The molecule has 5 rings (SSSR count). The van der Waals surface area contributed by atoms with Gasteiger partial charge in [0.05, 0.1) is 11.2 Å². The summed E-state index contributed by atoms with van der Waals surface area (Å²) in [6.45, 7) is 6.72. The van der Waals surface area contributed by atoms with Crippen molar-refractivity contribution in [3.05, 3.63) is 65.9 Å². The molecular formula is C26H30N4O2. The molecule has 0 bridgehead atoms. The lowest BCUT2D eigenvalue weighted by Crippen LogP contribution is -2.33. The highest BCUT2D eigenvalue weighted by atomic mass is 16.5. The number of fused-ring (bicyclic) bond motifs is 2. The number of nitrogens with one attached hydrogen (secondary N) is 1. The number of pyridine rings is 1. The van der Waals surface area contributed by atoms with E-state index in [1.54, 1.807) is 0 Å². The Morgan fingerprint density at radius 2 is 1.81 bits per heavy atom. The Morgan fingerprint density at radius 3 is 2.78 bits per heavy atom. The quantitative estimate of drug-likeness (QED) is 0.646. The van der Waals surface area contributed by atoms with E-state index in [9.17, 15) is 4.79 Å². The number of amides is 1. The molecule has 0 unspecified atom stereocenters. The summed E-state index contributed by atoms with van der Waals surface area (Å²) in [6, 6.07) is 18.6. The average molecular weight is 431 g/mol. The van der Waals surface area contributed by atoms with E-state index in [0.717, 1.165) is 74.8 Å². The summed E-state index contributed by atoms with van der Waals surface area (Å²) in [4.78, 5) is 21.4. The van der Waals surface area contributed by atoms with Gasteiger partial charge in [-0.1, -0.05) is 30.3 Å². The number of para-hydroxylation sites is 1. The van der Waals surface area contributed by atoms with Crippen LogP contribution in [0.15, 0.2) is 54.6 Å². The molecule has 2 aromatic carbocycles. The Hall–Kier alpha value is -2.96. The number of benzene rings is 2. The molecule has 1 amide bonds. The van der Waals surface area contributed by atoms with E-state index < -0.39 is 0 Å². The number of aryl methyl sites for hydroxylation is 1. The lowest BCUT2D eigenvalue weighted by molar-refractivity contribution is -0.116. The van der Waals surface area contributed by atoms with Crippen molar-refractivity contribution in [1.29, 1.82) is 0 Å². The summed E-state index contributed by atoms with van der Waals surface area (Å²) >= 11 is 0. The largest absolute Gasteiger partial charge is 0.492 e. The van der Waals surface area contributed by atoms with Crippen molar-refractivity contribution < 1.29 is 9.53 Å². The van der Waals surface area contributed by atoms with Gasteiger partial charge in [-0.2, -0.15) is 0 Å². The van der Waals surface area contributed by atoms with E-state index in [4.69, 9.17) is 9.72 Å². The van der Waals surface area contributed by atoms with Crippen LogP contribution in [0, 0.1) is 0 Å². The predicted octanol–water partition coefficient (Wildman–Crippen LogP) is 3.71. The number of hydrogen-bond donors (Lipinski definition) is 1. The zero-order valence-corrected chi connectivity index (χ0v) is 18.4. The van der Waals surface area contributed by atoms with E-state index in [1.165, 1.54) is 10.9 Å². The molecule has 3 heterocycles. The molecule has 6 nitrogen and oxygen atoms in total. The maximum atomic E-state index is 11.6. The van der Waals surface area contributed by atoms with Crippen LogP contribution in [-0.2, 0) is 17.8 Å². The molecule has 0 spiro atoms. The Labute approximate surface area is 189 Å². The SMILES string of the molecule is O=C1CCc2ccc(OCCN3CCCN(Cc4ccc5ccccc5n4)CC3)cc2N1. The molecular weight excluding hydrogens is 400 g/mol. The van der Waals surface area contributed by atoms with Crippen molar-refractivity contribution in [1.82, 2.24) is 14.8 Å². The van der Waals surface area contributed by atoms with Crippen LogP contribution in [0.1, 0.15) is 24.1 Å². The maximum Gasteiger partial charge on any atom is 0.224 e. The molecule has 0 saturated carbocycles. The summed E-state index contributed by atoms with van der Waals surface area (Å²) in [5, 5.41) is 4.14. The van der Waals surface area contributed by atoms with Crippen molar-refractivity contribution in [3.63, 3.8) is 0 Å². The van der Waals surface area contributed by atoms with Crippen molar-refractivity contribution in [2.75, 3.05) is 44.6 Å². The molecule has 1 N–H and O–H groups in total. The Balaban J connectivity index is 1.10. The molecule has 1 aromatic heterocycles. The smallest absolute Gasteiger partial charge is 0.224 e. The number of anilines is 1. The predicted molar refractivity (Wildman–Crippen MR) is 127 cm³/mol. The molecule has 166 valence electrons. The van der Waals surface area contributed by atoms with Gasteiger partial charge in [0.1, 0.15) is 12.4 Å². The summed E-state index contributed by atoms with van der Waals surface area (Å²) < 4.78 is 6.00. The highest BCUT2D eigenvalue weighted by Crippen LogP contribution is 2.27. The van der Waals surface area contributed by atoms with E-state index >= 15 is 0 Å². The van der Waals surface area contributed by atoms with Gasteiger partial charge in [-0.15, -0.1) is 0 Å². The van der Waals surface area contributed by atoms with Gasteiger partial charge in [0.25, 0.3) is 0 Å². The number of rotatable bonds is 6. The normalized spacial score (nSPS) is 17.6. The van der Waals surface area contributed by atoms with E-state index in [1.807, 2.05) is 18.2 Å². The number of aromatic nitrogens is 1. The third kappa shape index (κ3) is 5.09. The Bertz CT molecular complexity index is 1100. The van der Waals surface area contributed by atoms with Crippen molar-refractivity contribution in [2.24, 2.45) is 0 Å². The number of carbonyl (C=O) groups is 1. The van der Waals surface area contributed by atoms with Gasteiger partial charge >= 0.3 is 0 Å². The first-order valence-electron chi connectivity index (χ1n) is 11.6. The molecule has 32 heavy (non-hydrogen) atoms. The lowest BCUT2D eigenvalue weighted by atomic mass is 10.0. The molecule has 2 aliphatic rings. The van der Waals surface area contributed by atoms with Crippen molar-refractivity contribution in [2.45, 2.75) is 25.8 Å². The summed E-state index contributed by atoms with van der Waals surface area (Å²) in [7, 11) is 0.